The maximum Gasteiger partial charge on any atom is 0.416 e. The van der Waals surface area contributed by atoms with Crippen molar-refractivity contribution in [3.8, 4) is 0 Å². The molecule has 3 heterocycles. The Morgan fingerprint density at radius 2 is 1.94 bits per heavy atom. The van der Waals surface area contributed by atoms with Crippen LogP contribution in [0.25, 0.3) is 0 Å². The second-order valence-electron chi connectivity index (χ2n) is 8.36. The van der Waals surface area contributed by atoms with E-state index in [2.05, 4.69) is 16.0 Å². The Kier molecular flexibility index (Phi) is 5.03. The second-order valence-corrected chi connectivity index (χ2v) is 8.36. The molecule has 3 fully saturated rings. The van der Waals surface area contributed by atoms with Gasteiger partial charge in [-0.25, -0.2) is 4.79 Å². The van der Waals surface area contributed by atoms with E-state index < -0.39 is 65.6 Å². The predicted molar refractivity (Wildman–Crippen MR) is 106 cm³/mol. The number of aliphatic hydroxyl groups excluding tert-OH is 1. The van der Waals surface area contributed by atoms with Crippen LogP contribution in [0, 0.1) is 17.7 Å². The van der Waals surface area contributed by atoms with Crippen LogP contribution in [0.5, 0.6) is 0 Å². The van der Waals surface area contributed by atoms with Crippen molar-refractivity contribution >= 4 is 17.9 Å². The van der Waals surface area contributed by atoms with Crippen LogP contribution in [0.4, 0.5) is 13.2 Å². The number of aryl methyl sites for hydroxylation is 1. The Morgan fingerprint density at radius 3 is 2.55 bits per heavy atom. The molecule has 3 aliphatic rings. The lowest BCUT2D eigenvalue weighted by Gasteiger charge is -2.51. The molecule has 1 aromatic rings. The summed E-state index contributed by atoms with van der Waals surface area (Å²) in [6.45, 7) is 2.32. The van der Waals surface area contributed by atoms with Gasteiger partial charge in [-0.1, -0.05) is 6.07 Å². The Morgan fingerprint density at radius 1 is 1.27 bits per heavy atom. The molecular weight excluding hydrogens is 449 g/mol. The molecule has 0 bridgehead atoms. The first kappa shape index (κ1) is 23.1. The van der Waals surface area contributed by atoms with E-state index in [1.807, 2.05) is 0 Å². The average Bonchev–Trinajstić information content (AvgIpc) is 3.14. The molecule has 1 spiro atoms. The van der Waals surface area contributed by atoms with E-state index in [-0.39, 0.29) is 17.5 Å². The van der Waals surface area contributed by atoms with Gasteiger partial charge in [0.15, 0.2) is 23.7 Å². The van der Waals surface area contributed by atoms with Crippen LogP contribution in [-0.4, -0.2) is 80.4 Å². The van der Waals surface area contributed by atoms with Crippen LogP contribution in [-0.2, 0) is 10.9 Å². The number of hydrogen-bond donors (Lipinski definition) is 8. The summed E-state index contributed by atoms with van der Waals surface area (Å²) in [5.41, 5.74) is -3.27. The van der Waals surface area contributed by atoms with Crippen LogP contribution in [0.3, 0.4) is 0 Å². The highest BCUT2D eigenvalue weighted by atomic mass is 19.4. The van der Waals surface area contributed by atoms with E-state index in [1.54, 1.807) is 0 Å². The monoisotopic (exact) mass is 472 g/mol. The molecule has 0 radical (unpaired) electrons. The fourth-order valence-electron chi connectivity index (χ4n) is 4.91. The van der Waals surface area contributed by atoms with Crippen molar-refractivity contribution in [2.75, 3.05) is 6.61 Å². The molecule has 180 valence electrons. The number of hydrogen-bond acceptors (Lipinski definition) is 7. The van der Waals surface area contributed by atoms with E-state index in [0.717, 1.165) is 12.1 Å². The number of guanidine groups is 2. The Bertz CT molecular complexity index is 1030. The molecule has 33 heavy (non-hydrogen) atoms. The highest BCUT2D eigenvalue weighted by Gasteiger charge is 2.77. The molecule has 3 saturated heterocycles. The number of carbonyl (C=O) groups is 1. The van der Waals surface area contributed by atoms with Gasteiger partial charge in [-0.3, -0.25) is 10.8 Å². The van der Waals surface area contributed by atoms with Crippen LogP contribution in [0.1, 0.15) is 28.4 Å². The number of benzene rings is 1. The number of esters is 1. The Balaban J connectivity index is 1.73. The van der Waals surface area contributed by atoms with Gasteiger partial charge in [0.25, 0.3) is 0 Å². The number of nitrogens with zero attached hydrogens (tertiary/aromatic N) is 1. The first-order chi connectivity index (χ1) is 15.3. The number of nitrogens with one attached hydrogen (secondary N) is 5. The number of carbonyl (C=O) groups excluding carboxylic acids is 1. The van der Waals surface area contributed by atoms with Crippen LogP contribution >= 0.6 is 0 Å². The molecule has 8 N–H and O–H groups in total. The minimum absolute atomic E-state index is 0.186. The number of rotatable bonds is 3. The summed E-state index contributed by atoms with van der Waals surface area (Å²) >= 11 is 0. The molecule has 14 heteroatoms. The topological polar surface area (TPSA) is 174 Å². The fraction of sp³-hybridized carbons (Fsp3) is 0.526. The lowest BCUT2D eigenvalue weighted by molar-refractivity contribution is -0.258. The average molecular weight is 472 g/mol. The summed E-state index contributed by atoms with van der Waals surface area (Å²) in [7, 11) is 0. The van der Waals surface area contributed by atoms with Crippen molar-refractivity contribution in [1.82, 2.24) is 20.9 Å². The summed E-state index contributed by atoms with van der Waals surface area (Å²) < 4.78 is 44.7. The molecular formula is C19H23F3N6O5. The van der Waals surface area contributed by atoms with Gasteiger partial charge in [0.05, 0.1) is 35.9 Å². The highest BCUT2D eigenvalue weighted by Crippen LogP contribution is 2.47. The summed E-state index contributed by atoms with van der Waals surface area (Å²) in [5.74, 6) is -4.78. The van der Waals surface area contributed by atoms with E-state index in [4.69, 9.17) is 15.6 Å². The molecule has 0 aromatic heterocycles. The van der Waals surface area contributed by atoms with Crippen molar-refractivity contribution in [2.24, 2.45) is 0 Å². The van der Waals surface area contributed by atoms with Gasteiger partial charge in [-0.05, 0) is 31.5 Å². The van der Waals surface area contributed by atoms with Crippen molar-refractivity contribution in [1.29, 1.82) is 10.8 Å². The smallest absolute Gasteiger partial charge is 0.416 e. The van der Waals surface area contributed by atoms with Crippen LogP contribution in [0.15, 0.2) is 18.2 Å². The Labute approximate surface area is 185 Å². The van der Waals surface area contributed by atoms with Gasteiger partial charge >= 0.3 is 12.1 Å². The Hall–Kier alpha value is -3.10. The largest absolute Gasteiger partial charge is 0.451 e. The SMILES string of the molecule is Cc1ccc(C(F)(F)F)cc1C(=O)O[C@H]1[C@H](C)N2C(=N)N[C@@H](CO)[C@@H]3NC(=N)N[C@@]32C1(O)O. The van der Waals surface area contributed by atoms with Crippen molar-refractivity contribution in [3.05, 3.63) is 34.9 Å². The molecule has 0 unspecified atom stereocenters. The van der Waals surface area contributed by atoms with Gasteiger partial charge < -0.3 is 40.9 Å². The molecule has 0 saturated carbocycles. The quantitative estimate of drug-likeness (QED) is 0.203. The van der Waals surface area contributed by atoms with E-state index >= 15 is 0 Å². The third-order valence-corrected chi connectivity index (χ3v) is 6.43. The molecule has 11 nitrogen and oxygen atoms in total. The minimum atomic E-state index is -4.70. The first-order valence-electron chi connectivity index (χ1n) is 9.97. The van der Waals surface area contributed by atoms with E-state index in [1.165, 1.54) is 18.7 Å². The zero-order valence-electron chi connectivity index (χ0n) is 17.5. The predicted octanol–water partition coefficient (Wildman–Crippen LogP) is -0.984. The van der Waals surface area contributed by atoms with E-state index in [9.17, 15) is 33.3 Å². The van der Waals surface area contributed by atoms with E-state index in [0.29, 0.717) is 6.07 Å². The number of aliphatic hydroxyl groups is 3. The minimum Gasteiger partial charge on any atom is -0.451 e. The lowest BCUT2D eigenvalue weighted by Crippen LogP contribution is -2.81. The fourth-order valence-corrected chi connectivity index (χ4v) is 4.91. The number of ether oxygens (including phenoxy) is 1. The highest BCUT2D eigenvalue weighted by molar-refractivity contribution is 5.92. The summed E-state index contributed by atoms with van der Waals surface area (Å²) in [4.78, 5) is 14.1. The summed E-state index contributed by atoms with van der Waals surface area (Å²) in [5, 5.41) is 56.4. The third-order valence-electron chi connectivity index (χ3n) is 6.43. The summed E-state index contributed by atoms with van der Waals surface area (Å²) in [6, 6.07) is -0.458. The standard InChI is InChI=1S/C19H23F3N6O5/c1-7-3-4-9(19(20,21)22)5-10(7)14(30)33-13-8(2)28-16(24)25-11(6-29)12-17(28,18(13,31)32)27-15(23)26-12/h3-5,8,11-13,29,31-32H,6H2,1-2H3,(H2,24,25)(H3,23,26,27)/t8-,11-,12-,13-,17-/m0/s1. The molecule has 1 aromatic carbocycles. The van der Waals surface area contributed by atoms with Crippen molar-refractivity contribution in [3.63, 3.8) is 0 Å². The second kappa shape index (κ2) is 7.20. The van der Waals surface area contributed by atoms with Crippen molar-refractivity contribution in [2.45, 2.75) is 55.7 Å². The normalized spacial score (nSPS) is 32.4. The zero-order valence-corrected chi connectivity index (χ0v) is 17.5. The summed E-state index contributed by atoms with van der Waals surface area (Å²) in [6.07, 6.45) is -6.44. The van der Waals surface area contributed by atoms with Crippen LogP contribution < -0.4 is 16.0 Å². The number of halogens is 3. The number of alkyl halides is 3. The van der Waals surface area contributed by atoms with Gasteiger partial charge in [0.1, 0.15) is 0 Å². The van der Waals surface area contributed by atoms with Gasteiger partial charge in [-0.2, -0.15) is 13.2 Å². The molecule has 0 aliphatic carbocycles. The van der Waals surface area contributed by atoms with Crippen LogP contribution in [0.2, 0.25) is 0 Å². The molecule has 0 amide bonds. The third kappa shape index (κ3) is 3.12. The van der Waals surface area contributed by atoms with Crippen molar-refractivity contribution < 1.29 is 38.0 Å². The molecule has 5 atom stereocenters. The maximum atomic E-state index is 13.1. The molecule has 4 rings (SSSR count). The first-order valence-corrected chi connectivity index (χ1v) is 9.97. The van der Waals surface area contributed by atoms with Gasteiger partial charge in [-0.15, -0.1) is 0 Å². The van der Waals surface area contributed by atoms with Gasteiger partial charge in [0.2, 0.25) is 5.79 Å². The lowest BCUT2D eigenvalue weighted by atomic mass is 9.85. The zero-order chi connectivity index (χ0) is 24.5. The maximum absolute atomic E-state index is 13.1. The molecule has 3 aliphatic heterocycles. The van der Waals surface area contributed by atoms with Gasteiger partial charge in [0, 0.05) is 0 Å².